The van der Waals surface area contributed by atoms with E-state index in [9.17, 15) is 4.79 Å². The highest BCUT2D eigenvalue weighted by Gasteiger charge is 2.26. The van der Waals surface area contributed by atoms with Gasteiger partial charge in [0, 0.05) is 18.0 Å². The summed E-state index contributed by atoms with van der Waals surface area (Å²) >= 11 is 6.30. The zero-order valence-corrected chi connectivity index (χ0v) is 16.8. The van der Waals surface area contributed by atoms with Crippen LogP contribution in [0, 0.1) is 0 Å². The fourth-order valence-corrected chi connectivity index (χ4v) is 3.28. The number of nitrogens with one attached hydrogen (secondary N) is 2. The number of amides is 1. The Balaban J connectivity index is 0.00000243. The molecule has 1 amide bonds. The number of carbonyl (C=O) groups is 1. The highest BCUT2D eigenvalue weighted by molar-refractivity contribution is 6.32. The number of nitrogens with zero attached hydrogens (tertiary/aromatic N) is 3. The second-order valence-electron chi connectivity index (χ2n) is 6.78. The summed E-state index contributed by atoms with van der Waals surface area (Å²) in [6.45, 7) is 7.11. The van der Waals surface area contributed by atoms with Gasteiger partial charge in [-0.25, -0.2) is 9.67 Å². The summed E-state index contributed by atoms with van der Waals surface area (Å²) < 4.78 is 1.67. The van der Waals surface area contributed by atoms with E-state index in [-0.39, 0.29) is 42.1 Å². The second kappa shape index (κ2) is 8.84. The average molecular weight is 398 g/mol. The minimum absolute atomic E-state index is 0. The van der Waals surface area contributed by atoms with Gasteiger partial charge in [-0.2, -0.15) is 0 Å². The minimum Gasteiger partial charge on any atom is -0.345 e. The third-order valence-electron chi connectivity index (χ3n) is 4.51. The second-order valence-corrected chi connectivity index (χ2v) is 7.18. The molecule has 0 saturated carbocycles. The first-order valence-corrected chi connectivity index (χ1v) is 9.11. The molecule has 3 rings (SSSR count). The first-order chi connectivity index (χ1) is 12.0. The van der Waals surface area contributed by atoms with Crippen molar-refractivity contribution in [3.05, 3.63) is 40.9 Å². The van der Waals surface area contributed by atoms with Crippen molar-refractivity contribution in [1.29, 1.82) is 0 Å². The summed E-state index contributed by atoms with van der Waals surface area (Å²) in [5, 5.41) is 11.5. The van der Waals surface area contributed by atoms with Crippen LogP contribution in [0.3, 0.4) is 0 Å². The van der Waals surface area contributed by atoms with Crippen molar-refractivity contribution in [3.8, 4) is 5.69 Å². The highest BCUT2D eigenvalue weighted by atomic mass is 35.5. The molecule has 2 atom stereocenters. The van der Waals surface area contributed by atoms with E-state index in [2.05, 4.69) is 27.6 Å². The fourth-order valence-electron chi connectivity index (χ4n) is 3.07. The topological polar surface area (TPSA) is 71.8 Å². The molecule has 1 aliphatic rings. The zero-order chi connectivity index (χ0) is 18.0. The number of hydrogen-bond donors (Lipinski definition) is 2. The number of hydrogen-bond acceptors (Lipinski definition) is 4. The average Bonchev–Trinajstić information content (AvgIpc) is 3.03. The maximum absolute atomic E-state index is 12.7. The smallest absolute Gasteiger partial charge is 0.291 e. The number of halogens is 2. The van der Waals surface area contributed by atoms with Crippen molar-refractivity contribution in [1.82, 2.24) is 25.4 Å². The van der Waals surface area contributed by atoms with Gasteiger partial charge in [-0.1, -0.05) is 37.6 Å². The lowest BCUT2D eigenvalue weighted by Gasteiger charge is -2.30. The molecular weight excluding hydrogens is 373 g/mol. The summed E-state index contributed by atoms with van der Waals surface area (Å²) in [5.74, 6) is 0.767. The van der Waals surface area contributed by atoms with Gasteiger partial charge in [0.1, 0.15) is 5.82 Å². The number of carbonyl (C=O) groups excluding carboxylic acids is 1. The molecule has 0 radical (unpaired) electrons. The molecule has 2 aromatic rings. The Morgan fingerprint density at radius 1 is 1.38 bits per heavy atom. The quantitative estimate of drug-likeness (QED) is 0.829. The molecule has 0 aliphatic carbocycles. The minimum atomic E-state index is -0.242. The van der Waals surface area contributed by atoms with Gasteiger partial charge in [0.15, 0.2) is 0 Å². The number of piperidine rings is 1. The lowest BCUT2D eigenvalue weighted by molar-refractivity contribution is 0.0909. The molecule has 2 unspecified atom stereocenters. The van der Waals surface area contributed by atoms with E-state index in [0.29, 0.717) is 10.8 Å². The van der Waals surface area contributed by atoms with Crippen LogP contribution < -0.4 is 10.6 Å². The largest absolute Gasteiger partial charge is 0.345 e. The van der Waals surface area contributed by atoms with E-state index < -0.39 is 0 Å². The third kappa shape index (κ3) is 4.37. The van der Waals surface area contributed by atoms with Gasteiger partial charge in [0.05, 0.1) is 10.7 Å². The van der Waals surface area contributed by atoms with E-state index >= 15 is 0 Å². The van der Waals surface area contributed by atoms with E-state index in [1.807, 2.05) is 32.0 Å². The van der Waals surface area contributed by atoms with Crippen molar-refractivity contribution in [2.45, 2.75) is 51.6 Å². The van der Waals surface area contributed by atoms with Crippen molar-refractivity contribution in [2.75, 3.05) is 6.54 Å². The van der Waals surface area contributed by atoms with Gasteiger partial charge in [-0.05, 0) is 38.4 Å². The molecule has 8 heteroatoms. The van der Waals surface area contributed by atoms with E-state index in [1.165, 1.54) is 0 Å². The number of benzene rings is 1. The molecule has 0 spiro atoms. The Morgan fingerprint density at radius 3 is 2.77 bits per heavy atom. The van der Waals surface area contributed by atoms with E-state index in [0.717, 1.165) is 25.1 Å². The molecule has 0 bridgehead atoms. The lowest BCUT2D eigenvalue weighted by atomic mass is 10.00. The van der Waals surface area contributed by atoms with Crippen LogP contribution in [0.5, 0.6) is 0 Å². The molecule has 6 nitrogen and oxygen atoms in total. The molecule has 1 aromatic carbocycles. The molecule has 1 aromatic heterocycles. The summed E-state index contributed by atoms with van der Waals surface area (Å²) in [6.07, 6.45) is 2.01. The normalized spacial score (nSPS) is 19.9. The van der Waals surface area contributed by atoms with Crippen LogP contribution in [0.2, 0.25) is 5.02 Å². The van der Waals surface area contributed by atoms with Crippen LogP contribution in [-0.2, 0) is 0 Å². The van der Waals surface area contributed by atoms with E-state index in [4.69, 9.17) is 11.6 Å². The fraction of sp³-hybridized carbons (Fsp3) is 0.500. The molecule has 1 aliphatic heterocycles. The molecule has 142 valence electrons. The number of aromatic nitrogens is 3. The Labute approximate surface area is 165 Å². The third-order valence-corrected chi connectivity index (χ3v) is 4.83. The zero-order valence-electron chi connectivity index (χ0n) is 15.2. The van der Waals surface area contributed by atoms with Gasteiger partial charge < -0.3 is 10.6 Å². The van der Waals surface area contributed by atoms with E-state index in [1.54, 1.807) is 10.7 Å². The van der Waals surface area contributed by atoms with Crippen molar-refractivity contribution < 1.29 is 4.79 Å². The number of rotatable bonds is 4. The van der Waals surface area contributed by atoms with Crippen LogP contribution in [0.25, 0.3) is 5.69 Å². The summed E-state index contributed by atoms with van der Waals surface area (Å²) in [4.78, 5) is 17.1. The van der Waals surface area contributed by atoms with Crippen LogP contribution in [-0.4, -0.2) is 39.3 Å². The predicted octanol–water partition coefficient (Wildman–Crippen LogP) is 3.34. The molecule has 2 heterocycles. The van der Waals surface area contributed by atoms with Crippen molar-refractivity contribution in [3.63, 3.8) is 0 Å². The van der Waals surface area contributed by atoms with Crippen LogP contribution in [0.15, 0.2) is 24.3 Å². The maximum atomic E-state index is 12.7. The standard InChI is InChI=1S/C18H24ClN5O.ClH/c1-11(2)17-22-16(18(25)21-14-8-6-10-20-12(14)3)23-24(17)15-9-5-4-7-13(15)19;/h4-5,7,9,11-12,14,20H,6,8,10H2,1-3H3,(H,21,25);1H. The first kappa shape index (κ1) is 20.7. The Hall–Kier alpha value is -1.63. The van der Waals surface area contributed by atoms with Crippen LogP contribution in [0.4, 0.5) is 0 Å². The SMILES string of the molecule is CC(C)c1nc(C(=O)NC2CCCNC2C)nn1-c1ccccc1Cl.Cl. The molecular formula is C18H25Cl2N5O. The van der Waals surface area contributed by atoms with Gasteiger partial charge in [-0.15, -0.1) is 17.5 Å². The Bertz CT molecular complexity index is 762. The van der Waals surface area contributed by atoms with Gasteiger partial charge >= 0.3 is 0 Å². The van der Waals surface area contributed by atoms with Gasteiger partial charge in [-0.3, -0.25) is 4.79 Å². The van der Waals surface area contributed by atoms with Gasteiger partial charge in [0.2, 0.25) is 5.82 Å². The van der Waals surface area contributed by atoms with Gasteiger partial charge in [0.25, 0.3) is 5.91 Å². The molecule has 26 heavy (non-hydrogen) atoms. The highest BCUT2D eigenvalue weighted by Crippen LogP contribution is 2.23. The van der Waals surface area contributed by atoms with Crippen molar-refractivity contribution in [2.24, 2.45) is 0 Å². The molecule has 1 saturated heterocycles. The van der Waals surface area contributed by atoms with Crippen LogP contribution in [0.1, 0.15) is 56.0 Å². The lowest BCUT2D eigenvalue weighted by Crippen LogP contribution is -2.52. The summed E-state index contributed by atoms with van der Waals surface area (Å²) in [5.41, 5.74) is 0.729. The summed E-state index contributed by atoms with van der Waals surface area (Å²) in [7, 11) is 0. The monoisotopic (exact) mass is 397 g/mol. The van der Waals surface area contributed by atoms with Crippen LogP contribution >= 0.6 is 24.0 Å². The van der Waals surface area contributed by atoms with Crippen molar-refractivity contribution >= 4 is 29.9 Å². The number of para-hydroxylation sites is 1. The molecule has 1 fully saturated rings. The Morgan fingerprint density at radius 2 is 2.12 bits per heavy atom. The first-order valence-electron chi connectivity index (χ1n) is 8.73. The maximum Gasteiger partial charge on any atom is 0.291 e. The molecule has 2 N–H and O–H groups in total. The Kier molecular flexibility index (Phi) is 7.03. The predicted molar refractivity (Wildman–Crippen MR) is 106 cm³/mol. The summed E-state index contributed by atoms with van der Waals surface area (Å²) in [6, 6.07) is 7.77.